The lowest BCUT2D eigenvalue weighted by molar-refractivity contribution is -0.114. The van der Waals surface area contributed by atoms with Gasteiger partial charge in [0.2, 0.25) is 5.91 Å². The molecule has 0 unspecified atom stereocenters. The highest BCUT2D eigenvalue weighted by Crippen LogP contribution is 2.23. The molecule has 0 aliphatic heterocycles. The van der Waals surface area contributed by atoms with Crippen LogP contribution in [0.25, 0.3) is 11.3 Å². The number of rotatable bonds is 5. The Labute approximate surface area is 117 Å². The molecule has 0 aliphatic carbocycles. The highest BCUT2D eigenvalue weighted by Gasteiger charge is 2.10. The van der Waals surface area contributed by atoms with Crippen LogP contribution >= 0.6 is 0 Å². The monoisotopic (exact) mass is 271 g/mol. The molecule has 1 amide bonds. The number of carbonyl (C=O) groups is 2. The minimum atomic E-state index is -0.112. The van der Waals surface area contributed by atoms with Gasteiger partial charge in [0.05, 0.1) is 5.56 Å². The van der Waals surface area contributed by atoms with Crippen molar-refractivity contribution in [1.82, 2.24) is 9.78 Å². The van der Waals surface area contributed by atoms with Crippen LogP contribution in [0.5, 0.6) is 0 Å². The van der Waals surface area contributed by atoms with Crippen LogP contribution in [-0.2, 0) is 11.3 Å². The molecule has 2 aromatic rings. The Balaban J connectivity index is 2.30. The number of aldehydes is 1. The Morgan fingerprint density at radius 1 is 1.35 bits per heavy atom. The minimum absolute atomic E-state index is 0.112. The summed E-state index contributed by atoms with van der Waals surface area (Å²) in [6.07, 6.45) is 3.53. The van der Waals surface area contributed by atoms with Crippen LogP contribution in [0, 0.1) is 0 Å². The van der Waals surface area contributed by atoms with E-state index in [0.717, 1.165) is 30.5 Å². The molecular formula is C15H17N3O2. The largest absolute Gasteiger partial charge is 0.326 e. The third-order valence-corrected chi connectivity index (χ3v) is 2.85. The van der Waals surface area contributed by atoms with Crippen molar-refractivity contribution in [2.45, 2.75) is 26.8 Å². The van der Waals surface area contributed by atoms with Crippen LogP contribution in [0.15, 0.2) is 30.5 Å². The van der Waals surface area contributed by atoms with E-state index in [-0.39, 0.29) is 5.91 Å². The van der Waals surface area contributed by atoms with E-state index >= 15 is 0 Å². The summed E-state index contributed by atoms with van der Waals surface area (Å²) in [5, 5.41) is 7.13. The van der Waals surface area contributed by atoms with Crippen LogP contribution in [0.3, 0.4) is 0 Å². The van der Waals surface area contributed by atoms with Crippen molar-refractivity contribution in [3.05, 3.63) is 36.0 Å². The second-order valence-electron chi connectivity index (χ2n) is 4.57. The second kappa shape index (κ2) is 6.14. The third-order valence-electron chi connectivity index (χ3n) is 2.85. The lowest BCUT2D eigenvalue weighted by atomic mass is 10.1. The average molecular weight is 271 g/mol. The van der Waals surface area contributed by atoms with Crippen molar-refractivity contribution in [1.29, 1.82) is 0 Å². The molecule has 0 spiro atoms. The SMILES string of the molecule is CCCn1cc(C=O)c(-c2ccc(NC(C)=O)cc2)n1. The Morgan fingerprint density at radius 3 is 2.60 bits per heavy atom. The summed E-state index contributed by atoms with van der Waals surface area (Å²) in [5.41, 5.74) is 2.83. The maximum Gasteiger partial charge on any atom is 0.221 e. The normalized spacial score (nSPS) is 10.3. The van der Waals surface area contributed by atoms with E-state index in [1.54, 1.807) is 23.0 Å². The quantitative estimate of drug-likeness (QED) is 0.850. The predicted octanol–water partition coefficient (Wildman–Crippen LogP) is 2.73. The fraction of sp³-hybridized carbons (Fsp3) is 0.267. The van der Waals surface area contributed by atoms with Gasteiger partial charge in [0.1, 0.15) is 5.69 Å². The molecule has 0 atom stereocenters. The molecule has 5 heteroatoms. The Bertz CT molecular complexity index is 615. The molecule has 5 nitrogen and oxygen atoms in total. The molecule has 0 saturated carbocycles. The van der Waals surface area contributed by atoms with Crippen molar-refractivity contribution < 1.29 is 9.59 Å². The molecule has 1 heterocycles. The van der Waals surface area contributed by atoms with E-state index in [4.69, 9.17) is 0 Å². The predicted molar refractivity (Wildman–Crippen MR) is 77.6 cm³/mol. The summed E-state index contributed by atoms with van der Waals surface area (Å²) < 4.78 is 1.78. The van der Waals surface area contributed by atoms with Crippen molar-refractivity contribution in [2.75, 3.05) is 5.32 Å². The van der Waals surface area contributed by atoms with Crippen LogP contribution < -0.4 is 5.32 Å². The van der Waals surface area contributed by atoms with Crippen LogP contribution in [0.4, 0.5) is 5.69 Å². The molecule has 1 aromatic heterocycles. The summed E-state index contributed by atoms with van der Waals surface area (Å²) in [6.45, 7) is 4.31. The summed E-state index contributed by atoms with van der Waals surface area (Å²) in [5.74, 6) is -0.112. The standard InChI is InChI=1S/C15H17N3O2/c1-3-8-18-9-13(10-19)15(17-18)12-4-6-14(7-5-12)16-11(2)20/h4-7,9-10H,3,8H2,1-2H3,(H,16,20). The first-order valence-corrected chi connectivity index (χ1v) is 6.54. The topological polar surface area (TPSA) is 64.0 Å². The molecule has 0 aliphatic rings. The zero-order chi connectivity index (χ0) is 14.5. The molecule has 0 saturated heterocycles. The summed E-state index contributed by atoms with van der Waals surface area (Å²) in [4.78, 5) is 22.1. The molecule has 104 valence electrons. The zero-order valence-corrected chi connectivity index (χ0v) is 11.6. The molecule has 1 N–H and O–H groups in total. The van der Waals surface area contributed by atoms with Gasteiger partial charge in [0, 0.05) is 30.9 Å². The van der Waals surface area contributed by atoms with Gasteiger partial charge in [-0.25, -0.2) is 0 Å². The van der Waals surface area contributed by atoms with E-state index in [2.05, 4.69) is 17.3 Å². The second-order valence-corrected chi connectivity index (χ2v) is 4.57. The van der Waals surface area contributed by atoms with E-state index in [1.165, 1.54) is 6.92 Å². The van der Waals surface area contributed by atoms with E-state index in [1.807, 2.05) is 12.1 Å². The minimum Gasteiger partial charge on any atom is -0.326 e. The van der Waals surface area contributed by atoms with Crippen molar-refractivity contribution in [3.8, 4) is 11.3 Å². The first-order chi connectivity index (χ1) is 9.63. The van der Waals surface area contributed by atoms with Gasteiger partial charge in [-0.05, 0) is 18.6 Å². The highest BCUT2D eigenvalue weighted by atomic mass is 16.1. The van der Waals surface area contributed by atoms with Gasteiger partial charge in [-0.1, -0.05) is 19.1 Å². The molecule has 0 bridgehead atoms. The number of carbonyl (C=O) groups excluding carboxylic acids is 2. The van der Waals surface area contributed by atoms with Crippen molar-refractivity contribution in [3.63, 3.8) is 0 Å². The Hall–Kier alpha value is -2.43. The number of hydrogen-bond donors (Lipinski definition) is 1. The Morgan fingerprint density at radius 2 is 2.05 bits per heavy atom. The van der Waals surface area contributed by atoms with Gasteiger partial charge in [-0.3, -0.25) is 14.3 Å². The summed E-state index contributed by atoms with van der Waals surface area (Å²) in [7, 11) is 0. The van der Waals surface area contributed by atoms with Gasteiger partial charge in [0.15, 0.2) is 6.29 Å². The smallest absolute Gasteiger partial charge is 0.221 e. The van der Waals surface area contributed by atoms with Gasteiger partial charge < -0.3 is 5.32 Å². The maximum absolute atomic E-state index is 11.1. The lowest BCUT2D eigenvalue weighted by Crippen LogP contribution is -2.05. The number of hydrogen-bond acceptors (Lipinski definition) is 3. The van der Waals surface area contributed by atoms with Crippen LogP contribution in [0.1, 0.15) is 30.6 Å². The highest BCUT2D eigenvalue weighted by molar-refractivity contribution is 5.89. The lowest BCUT2D eigenvalue weighted by Gasteiger charge is -2.03. The van der Waals surface area contributed by atoms with E-state index in [9.17, 15) is 9.59 Å². The number of anilines is 1. The number of nitrogens with one attached hydrogen (secondary N) is 1. The van der Waals surface area contributed by atoms with E-state index < -0.39 is 0 Å². The first-order valence-electron chi connectivity index (χ1n) is 6.54. The number of amides is 1. The summed E-state index contributed by atoms with van der Waals surface area (Å²) in [6, 6.07) is 7.28. The molecule has 0 radical (unpaired) electrons. The third kappa shape index (κ3) is 3.12. The van der Waals surface area contributed by atoms with Gasteiger partial charge in [0.25, 0.3) is 0 Å². The fourth-order valence-corrected chi connectivity index (χ4v) is 2.01. The Kier molecular flexibility index (Phi) is 4.30. The number of nitrogens with zero attached hydrogens (tertiary/aromatic N) is 2. The summed E-state index contributed by atoms with van der Waals surface area (Å²) >= 11 is 0. The van der Waals surface area contributed by atoms with Gasteiger partial charge in [-0.15, -0.1) is 0 Å². The molecule has 20 heavy (non-hydrogen) atoms. The number of benzene rings is 1. The molecule has 1 aromatic carbocycles. The van der Waals surface area contributed by atoms with Gasteiger partial charge in [-0.2, -0.15) is 5.10 Å². The van der Waals surface area contributed by atoms with E-state index in [0.29, 0.717) is 11.3 Å². The maximum atomic E-state index is 11.1. The first kappa shape index (κ1) is 14.0. The van der Waals surface area contributed by atoms with Crippen LogP contribution in [0.2, 0.25) is 0 Å². The number of aryl methyl sites for hydroxylation is 1. The van der Waals surface area contributed by atoms with Crippen molar-refractivity contribution in [2.24, 2.45) is 0 Å². The fourth-order valence-electron chi connectivity index (χ4n) is 2.01. The average Bonchev–Trinajstić information content (AvgIpc) is 2.82. The van der Waals surface area contributed by atoms with Gasteiger partial charge >= 0.3 is 0 Å². The van der Waals surface area contributed by atoms with Crippen molar-refractivity contribution >= 4 is 17.9 Å². The van der Waals surface area contributed by atoms with Crippen LogP contribution in [-0.4, -0.2) is 22.0 Å². The zero-order valence-electron chi connectivity index (χ0n) is 11.6. The molecule has 0 fully saturated rings. The molecular weight excluding hydrogens is 254 g/mol. The number of aromatic nitrogens is 2. The molecule has 2 rings (SSSR count).